The minimum atomic E-state index is -0.947. The Morgan fingerprint density at radius 2 is 1.81 bits per heavy atom. The molecular formula is C14H23SSi+. The SMILES string of the molecule is C=CC[S+](Cc1ccccc1)C[Si](C)(C)C. The lowest BCUT2D eigenvalue weighted by Gasteiger charge is -2.16. The summed E-state index contributed by atoms with van der Waals surface area (Å²) in [6.45, 7) is 11.3. The second kappa shape index (κ2) is 6.31. The van der Waals surface area contributed by atoms with Gasteiger partial charge in [-0.25, -0.2) is 0 Å². The predicted molar refractivity (Wildman–Crippen MR) is 80.8 cm³/mol. The van der Waals surface area contributed by atoms with Gasteiger partial charge in [0.1, 0.15) is 19.6 Å². The molecule has 0 fully saturated rings. The van der Waals surface area contributed by atoms with Crippen LogP contribution in [0.2, 0.25) is 19.6 Å². The summed E-state index contributed by atoms with van der Waals surface area (Å²) >= 11 is 0. The normalized spacial score (nSPS) is 13.4. The highest BCUT2D eigenvalue weighted by Crippen LogP contribution is 2.14. The largest absolute Gasteiger partial charge is 0.133 e. The molecule has 1 unspecified atom stereocenters. The Morgan fingerprint density at radius 1 is 1.19 bits per heavy atom. The maximum absolute atomic E-state index is 3.89. The van der Waals surface area contributed by atoms with Gasteiger partial charge in [-0.05, 0) is 17.0 Å². The Morgan fingerprint density at radius 3 is 2.31 bits per heavy atom. The van der Waals surface area contributed by atoms with Crippen LogP contribution in [0.5, 0.6) is 0 Å². The van der Waals surface area contributed by atoms with Crippen LogP contribution < -0.4 is 0 Å². The van der Waals surface area contributed by atoms with Crippen LogP contribution in [0.25, 0.3) is 0 Å². The molecule has 0 N–H and O–H groups in total. The van der Waals surface area contributed by atoms with Gasteiger partial charge in [-0.1, -0.05) is 56.6 Å². The molecule has 0 saturated carbocycles. The minimum absolute atomic E-state index is 0.499. The third-order valence-electron chi connectivity index (χ3n) is 2.20. The van der Waals surface area contributed by atoms with E-state index in [9.17, 15) is 0 Å². The fraction of sp³-hybridized carbons (Fsp3) is 0.429. The first kappa shape index (κ1) is 13.6. The molecule has 0 radical (unpaired) electrons. The van der Waals surface area contributed by atoms with E-state index in [0.29, 0.717) is 10.9 Å². The maximum atomic E-state index is 3.89. The average Bonchev–Trinajstić information content (AvgIpc) is 2.17. The van der Waals surface area contributed by atoms with Crippen LogP contribution >= 0.6 is 0 Å². The third kappa shape index (κ3) is 5.57. The fourth-order valence-electron chi connectivity index (χ4n) is 1.76. The molecule has 0 aliphatic carbocycles. The molecule has 0 amide bonds. The van der Waals surface area contributed by atoms with Crippen molar-refractivity contribution in [2.75, 3.05) is 11.1 Å². The first-order valence-corrected chi connectivity index (χ1v) is 11.2. The molecule has 0 bridgehead atoms. The van der Waals surface area contributed by atoms with Gasteiger partial charge in [0.15, 0.2) is 0 Å². The van der Waals surface area contributed by atoms with E-state index in [1.807, 2.05) is 0 Å². The van der Waals surface area contributed by atoms with E-state index in [-0.39, 0.29) is 0 Å². The van der Waals surface area contributed by atoms with E-state index >= 15 is 0 Å². The van der Waals surface area contributed by atoms with Gasteiger partial charge in [0.25, 0.3) is 0 Å². The van der Waals surface area contributed by atoms with Gasteiger partial charge in [0.05, 0.1) is 5.38 Å². The molecule has 0 aliphatic rings. The molecular weight excluding hydrogens is 228 g/mol. The molecule has 1 atom stereocenters. The molecule has 1 aromatic carbocycles. The zero-order chi connectivity index (χ0) is 12.0. The Kier molecular flexibility index (Phi) is 5.36. The van der Waals surface area contributed by atoms with Crippen LogP contribution in [-0.2, 0) is 16.6 Å². The molecule has 0 nitrogen and oxygen atoms in total. The fourth-order valence-corrected chi connectivity index (χ4v) is 8.65. The summed E-state index contributed by atoms with van der Waals surface area (Å²) in [6.07, 6.45) is 2.09. The first-order valence-electron chi connectivity index (χ1n) is 5.80. The summed E-state index contributed by atoms with van der Waals surface area (Å²) in [5, 5.41) is 1.42. The highest BCUT2D eigenvalue weighted by Gasteiger charge is 2.27. The van der Waals surface area contributed by atoms with E-state index in [4.69, 9.17) is 0 Å². The minimum Gasteiger partial charge on any atom is -0.0985 e. The van der Waals surface area contributed by atoms with E-state index in [1.54, 1.807) is 0 Å². The number of hydrogen-bond donors (Lipinski definition) is 0. The number of rotatable bonds is 6. The van der Waals surface area contributed by atoms with Crippen LogP contribution in [0.1, 0.15) is 5.56 Å². The summed E-state index contributed by atoms with van der Waals surface area (Å²) in [6, 6.07) is 10.9. The Labute approximate surface area is 104 Å². The summed E-state index contributed by atoms with van der Waals surface area (Å²) < 4.78 is 0. The lowest BCUT2D eigenvalue weighted by atomic mass is 10.2. The lowest BCUT2D eigenvalue weighted by molar-refractivity contribution is 1.39. The summed E-state index contributed by atoms with van der Waals surface area (Å²) in [4.78, 5) is 0. The van der Waals surface area contributed by atoms with E-state index in [2.05, 4.69) is 62.6 Å². The van der Waals surface area contributed by atoms with Crippen molar-refractivity contribution in [2.45, 2.75) is 25.4 Å². The van der Waals surface area contributed by atoms with Crippen LogP contribution in [0, 0.1) is 0 Å². The molecule has 0 aliphatic heterocycles. The van der Waals surface area contributed by atoms with Gasteiger partial charge < -0.3 is 0 Å². The molecule has 1 rings (SSSR count). The molecule has 0 spiro atoms. The first-order chi connectivity index (χ1) is 7.51. The second-order valence-corrected chi connectivity index (χ2v) is 13.5. The zero-order valence-corrected chi connectivity index (χ0v) is 12.5. The maximum Gasteiger partial charge on any atom is 0.133 e. The van der Waals surface area contributed by atoms with E-state index in [1.165, 1.54) is 22.4 Å². The van der Waals surface area contributed by atoms with Crippen molar-refractivity contribution in [1.29, 1.82) is 0 Å². The van der Waals surface area contributed by atoms with Gasteiger partial charge in [-0.15, -0.1) is 0 Å². The molecule has 0 saturated heterocycles. The predicted octanol–water partition coefficient (Wildman–Crippen LogP) is 3.87. The smallest absolute Gasteiger partial charge is 0.0985 e. The van der Waals surface area contributed by atoms with Crippen molar-refractivity contribution < 1.29 is 0 Å². The van der Waals surface area contributed by atoms with Gasteiger partial charge in [-0.3, -0.25) is 0 Å². The number of hydrogen-bond acceptors (Lipinski definition) is 0. The molecule has 1 aromatic rings. The van der Waals surface area contributed by atoms with E-state index in [0.717, 1.165) is 0 Å². The standard InChI is InChI=1S/C14H23SSi/c1-5-11-15(13-16(2,3)4)12-14-9-7-6-8-10-14/h5-10H,1,11-13H2,2-4H3/q+1. The Balaban J connectivity index is 2.61. The highest BCUT2D eigenvalue weighted by atomic mass is 32.2. The van der Waals surface area contributed by atoms with Crippen molar-refractivity contribution >= 4 is 19.0 Å². The van der Waals surface area contributed by atoms with Gasteiger partial charge >= 0.3 is 0 Å². The molecule has 2 heteroatoms. The third-order valence-corrected chi connectivity index (χ3v) is 8.75. The zero-order valence-electron chi connectivity index (χ0n) is 10.7. The summed E-state index contributed by atoms with van der Waals surface area (Å²) in [5.74, 6) is 2.41. The number of benzene rings is 1. The van der Waals surface area contributed by atoms with Crippen LogP contribution in [-0.4, -0.2) is 19.2 Å². The van der Waals surface area contributed by atoms with Crippen molar-refractivity contribution in [2.24, 2.45) is 0 Å². The van der Waals surface area contributed by atoms with Gasteiger partial charge in [-0.2, -0.15) is 0 Å². The lowest BCUT2D eigenvalue weighted by Crippen LogP contribution is -2.34. The monoisotopic (exact) mass is 251 g/mol. The topological polar surface area (TPSA) is 0 Å². The van der Waals surface area contributed by atoms with Gasteiger partial charge in [0, 0.05) is 5.56 Å². The Hall–Kier alpha value is -0.473. The van der Waals surface area contributed by atoms with Crippen molar-refractivity contribution in [3.63, 3.8) is 0 Å². The summed E-state index contributed by atoms with van der Waals surface area (Å²) in [5.41, 5.74) is 1.48. The summed E-state index contributed by atoms with van der Waals surface area (Å²) in [7, 11) is -0.448. The molecule has 88 valence electrons. The quantitative estimate of drug-likeness (QED) is 0.409. The Bertz CT molecular complexity index is 313. The van der Waals surface area contributed by atoms with Crippen molar-refractivity contribution in [3.8, 4) is 0 Å². The van der Waals surface area contributed by atoms with Crippen LogP contribution in [0.15, 0.2) is 43.0 Å². The highest BCUT2D eigenvalue weighted by molar-refractivity contribution is 7.97. The molecule has 0 heterocycles. The average molecular weight is 251 g/mol. The van der Waals surface area contributed by atoms with Crippen LogP contribution in [0.3, 0.4) is 0 Å². The van der Waals surface area contributed by atoms with E-state index < -0.39 is 8.07 Å². The molecule has 0 aromatic heterocycles. The van der Waals surface area contributed by atoms with Crippen molar-refractivity contribution in [1.82, 2.24) is 0 Å². The van der Waals surface area contributed by atoms with Crippen LogP contribution in [0.4, 0.5) is 0 Å². The van der Waals surface area contributed by atoms with Crippen molar-refractivity contribution in [3.05, 3.63) is 48.6 Å². The molecule has 16 heavy (non-hydrogen) atoms. The van der Waals surface area contributed by atoms with Gasteiger partial charge in [0.2, 0.25) is 0 Å². The second-order valence-electron chi connectivity index (χ2n) is 5.40.